The van der Waals surface area contributed by atoms with Gasteiger partial charge >= 0.3 is 0 Å². The Morgan fingerprint density at radius 2 is 2.00 bits per heavy atom. The molecule has 2 heterocycles. The Kier molecular flexibility index (Phi) is 4.47. The molecule has 1 aliphatic rings. The zero-order valence-corrected chi connectivity index (χ0v) is 14.0. The van der Waals surface area contributed by atoms with E-state index in [-0.39, 0.29) is 5.75 Å². The summed E-state index contributed by atoms with van der Waals surface area (Å²) in [6.07, 6.45) is 4.90. The molecule has 134 valence electrons. The highest BCUT2D eigenvalue weighted by Gasteiger charge is 2.26. The fourth-order valence-corrected chi connectivity index (χ4v) is 3.09. The quantitative estimate of drug-likeness (QED) is 0.774. The van der Waals surface area contributed by atoms with E-state index in [1.807, 2.05) is 0 Å². The van der Waals surface area contributed by atoms with Gasteiger partial charge in [-0.25, -0.2) is 9.07 Å². The van der Waals surface area contributed by atoms with Crippen LogP contribution in [0, 0.1) is 0 Å². The summed E-state index contributed by atoms with van der Waals surface area (Å²) in [5, 5.41) is 26.0. The van der Waals surface area contributed by atoms with Gasteiger partial charge < -0.3 is 9.84 Å². The van der Waals surface area contributed by atoms with E-state index in [9.17, 15) is 9.50 Å². The second-order valence-electron chi connectivity index (χ2n) is 6.26. The number of rotatable bonds is 4. The number of hydrogen-bond donors (Lipinski definition) is 1. The highest BCUT2D eigenvalue weighted by Crippen LogP contribution is 2.30. The summed E-state index contributed by atoms with van der Waals surface area (Å²) in [6.45, 7) is 0. The lowest BCUT2D eigenvalue weighted by molar-refractivity contribution is 0.0594. The van der Waals surface area contributed by atoms with Crippen molar-refractivity contribution >= 4 is 0 Å². The van der Waals surface area contributed by atoms with Crippen LogP contribution in [0.25, 0.3) is 16.9 Å². The molecular formula is C18H18FN5O2. The molecule has 1 aromatic carbocycles. The van der Waals surface area contributed by atoms with Gasteiger partial charge in [0.2, 0.25) is 5.88 Å². The normalized spacial score (nSPS) is 20.0. The average Bonchev–Trinajstić information content (AvgIpc) is 3.19. The predicted molar refractivity (Wildman–Crippen MR) is 91.8 cm³/mol. The van der Waals surface area contributed by atoms with Crippen molar-refractivity contribution in [3.63, 3.8) is 0 Å². The first kappa shape index (κ1) is 16.4. The Morgan fingerprint density at radius 1 is 1.12 bits per heavy atom. The number of nitrogens with zero attached hydrogens (tertiary/aromatic N) is 5. The fraction of sp³-hybridized carbons (Fsp3) is 0.333. The highest BCUT2D eigenvalue weighted by atomic mass is 19.1. The van der Waals surface area contributed by atoms with Crippen molar-refractivity contribution in [2.75, 3.05) is 0 Å². The third kappa shape index (κ3) is 3.35. The van der Waals surface area contributed by atoms with Gasteiger partial charge in [-0.15, -0.1) is 15.3 Å². The summed E-state index contributed by atoms with van der Waals surface area (Å²) in [7, 11) is 0. The first-order valence-corrected chi connectivity index (χ1v) is 8.55. The van der Waals surface area contributed by atoms with E-state index < -0.39 is 12.3 Å². The molecule has 1 fully saturated rings. The third-order valence-corrected chi connectivity index (χ3v) is 4.48. The molecule has 7 nitrogen and oxygen atoms in total. The molecule has 1 N–H and O–H groups in total. The van der Waals surface area contributed by atoms with Gasteiger partial charge in [0, 0.05) is 17.7 Å². The number of aromatic nitrogens is 5. The maximum Gasteiger partial charge on any atom is 0.233 e. The maximum atomic E-state index is 13.9. The number of ether oxygens (including phenoxy) is 1. The minimum atomic E-state index is -0.960. The van der Waals surface area contributed by atoms with Crippen molar-refractivity contribution in [1.29, 1.82) is 0 Å². The molecule has 8 heteroatoms. The molecule has 0 spiro atoms. The Labute approximate surface area is 149 Å². The molecular weight excluding hydrogens is 337 g/mol. The van der Waals surface area contributed by atoms with Crippen LogP contribution in [-0.2, 0) is 0 Å². The van der Waals surface area contributed by atoms with Crippen LogP contribution >= 0.6 is 0 Å². The molecule has 3 aromatic rings. The molecule has 0 saturated heterocycles. The highest BCUT2D eigenvalue weighted by molar-refractivity contribution is 5.68. The van der Waals surface area contributed by atoms with E-state index in [0.717, 1.165) is 12.8 Å². The largest absolute Gasteiger partial charge is 0.507 e. The van der Waals surface area contributed by atoms with Crippen molar-refractivity contribution in [3.05, 3.63) is 42.7 Å². The molecule has 1 saturated carbocycles. The van der Waals surface area contributed by atoms with Crippen molar-refractivity contribution in [2.24, 2.45) is 0 Å². The molecule has 2 atom stereocenters. The third-order valence-electron chi connectivity index (χ3n) is 4.48. The minimum absolute atomic E-state index is 0.0528. The van der Waals surface area contributed by atoms with Crippen LogP contribution in [0.2, 0.25) is 0 Å². The molecule has 0 aliphatic heterocycles. The Bertz CT molecular complexity index is 870. The maximum absolute atomic E-state index is 13.9. The number of phenolic OH excluding ortho intramolecular Hbond substituents is 1. The summed E-state index contributed by atoms with van der Waals surface area (Å²) < 4.78 is 21.0. The van der Waals surface area contributed by atoms with Gasteiger partial charge in [0.25, 0.3) is 0 Å². The van der Waals surface area contributed by atoms with Gasteiger partial charge in [-0.1, -0.05) is 11.6 Å². The zero-order chi connectivity index (χ0) is 17.9. The van der Waals surface area contributed by atoms with Crippen molar-refractivity contribution in [2.45, 2.75) is 38.0 Å². The van der Waals surface area contributed by atoms with Crippen molar-refractivity contribution < 1.29 is 14.2 Å². The smallest absolute Gasteiger partial charge is 0.233 e. The molecule has 26 heavy (non-hydrogen) atoms. The Morgan fingerprint density at radius 3 is 2.69 bits per heavy atom. The molecule has 0 amide bonds. The van der Waals surface area contributed by atoms with Gasteiger partial charge in [0.05, 0.1) is 23.8 Å². The number of aromatic hydroxyl groups is 1. The van der Waals surface area contributed by atoms with Crippen LogP contribution in [0.1, 0.15) is 25.7 Å². The predicted octanol–water partition coefficient (Wildman–Crippen LogP) is 3.09. The Balaban J connectivity index is 1.51. The fourth-order valence-electron chi connectivity index (χ4n) is 3.09. The number of halogens is 1. The van der Waals surface area contributed by atoms with Crippen LogP contribution < -0.4 is 4.74 Å². The summed E-state index contributed by atoms with van der Waals surface area (Å²) in [5.74, 6) is 0.346. The average molecular weight is 355 g/mol. The molecule has 0 unspecified atom stereocenters. The SMILES string of the molecule is Oc1cc(-n2ccnn2)ccc1-c1ccc(O[C@H]2CCCC[C@H]2F)nn1. The second kappa shape index (κ2) is 7.07. The molecule has 0 radical (unpaired) electrons. The molecule has 2 aromatic heterocycles. The van der Waals surface area contributed by atoms with Gasteiger partial charge in [0.15, 0.2) is 0 Å². The van der Waals surface area contributed by atoms with Crippen molar-refractivity contribution in [3.8, 4) is 28.6 Å². The minimum Gasteiger partial charge on any atom is -0.507 e. The van der Waals surface area contributed by atoms with Gasteiger partial charge in [-0.05, 0) is 37.5 Å². The van der Waals surface area contributed by atoms with Crippen LogP contribution in [0.4, 0.5) is 4.39 Å². The second-order valence-corrected chi connectivity index (χ2v) is 6.26. The van der Waals surface area contributed by atoms with E-state index in [1.54, 1.807) is 47.4 Å². The van der Waals surface area contributed by atoms with Crippen LogP contribution in [0.15, 0.2) is 42.7 Å². The standard InChI is InChI=1S/C18H18FN5O2/c19-14-3-1-2-4-17(14)26-18-8-7-15(21-22-18)13-6-5-12(11-16(13)25)24-10-9-20-23-24/h5-11,14,17,25H,1-4H2/t14-,17+/m1/s1. The lowest BCUT2D eigenvalue weighted by Gasteiger charge is -2.25. The van der Waals surface area contributed by atoms with Gasteiger partial charge in [-0.3, -0.25) is 0 Å². The Hall–Kier alpha value is -3.03. The molecule has 4 rings (SSSR count). The summed E-state index contributed by atoms with van der Waals surface area (Å²) in [4.78, 5) is 0. The lowest BCUT2D eigenvalue weighted by Crippen LogP contribution is -2.32. The van der Waals surface area contributed by atoms with Crippen LogP contribution in [0.5, 0.6) is 11.6 Å². The lowest BCUT2D eigenvalue weighted by atomic mass is 9.96. The number of benzene rings is 1. The summed E-state index contributed by atoms with van der Waals surface area (Å²) >= 11 is 0. The van der Waals surface area contributed by atoms with E-state index >= 15 is 0 Å². The number of alkyl halides is 1. The summed E-state index contributed by atoms with van der Waals surface area (Å²) in [5.41, 5.74) is 1.72. The first-order valence-electron chi connectivity index (χ1n) is 8.55. The monoisotopic (exact) mass is 355 g/mol. The van der Waals surface area contributed by atoms with E-state index in [1.165, 1.54) is 0 Å². The van der Waals surface area contributed by atoms with Crippen LogP contribution in [0.3, 0.4) is 0 Å². The van der Waals surface area contributed by atoms with Crippen molar-refractivity contribution in [1.82, 2.24) is 25.2 Å². The molecule has 1 aliphatic carbocycles. The number of phenols is 1. The molecule has 0 bridgehead atoms. The summed E-state index contributed by atoms with van der Waals surface area (Å²) in [6, 6.07) is 8.45. The topological polar surface area (TPSA) is 86.0 Å². The van der Waals surface area contributed by atoms with E-state index in [2.05, 4.69) is 20.5 Å². The van der Waals surface area contributed by atoms with E-state index in [4.69, 9.17) is 4.74 Å². The van der Waals surface area contributed by atoms with Gasteiger partial charge in [0.1, 0.15) is 18.0 Å². The van der Waals surface area contributed by atoms with Gasteiger partial charge in [-0.2, -0.15) is 0 Å². The zero-order valence-electron chi connectivity index (χ0n) is 14.0. The van der Waals surface area contributed by atoms with Crippen LogP contribution in [-0.4, -0.2) is 42.6 Å². The van der Waals surface area contributed by atoms with E-state index in [0.29, 0.717) is 35.7 Å². The number of hydrogen-bond acceptors (Lipinski definition) is 6. The first-order chi connectivity index (χ1) is 12.7.